The molecule has 0 aromatic rings. The molecule has 0 atom stereocenters. The molecule has 4 heteroatoms. The number of aliphatic hydroxyl groups is 1. The maximum Gasteiger partial charge on any atom is 0.0680 e. The quantitative estimate of drug-likeness (QED) is 0.835. The minimum atomic E-state index is 0. The number of hydrogen-bond donors (Lipinski definition) is 1. The number of aliphatic hydroxyl groups excluding tert-OH is 1. The lowest BCUT2D eigenvalue weighted by atomic mass is 10.3. The number of thioether (sulfide) groups is 1. The summed E-state index contributed by atoms with van der Waals surface area (Å²) in [4.78, 5) is 3.68. The summed E-state index contributed by atoms with van der Waals surface area (Å²) in [6, 6.07) is 0. The predicted molar refractivity (Wildman–Crippen MR) is 59.6 cm³/mol. The highest BCUT2D eigenvalue weighted by Crippen LogP contribution is 2.32. The smallest absolute Gasteiger partial charge is 0.0680 e. The van der Waals surface area contributed by atoms with Gasteiger partial charge in [-0.05, 0) is 13.8 Å². The van der Waals surface area contributed by atoms with E-state index >= 15 is 0 Å². The molecule has 0 radical (unpaired) electrons. The summed E-state index contributed by atoms with van der Waals surface area (Å²) in [7, 11) is 0. The number of hydrogen-bond acceptors (Lipinski definition) is 3. The van der Waals surface area contributed by atoms with Crippen molar-refractivity contribution in [1.29, 1.82) is 0 Å². The van der Waals surface area contributed by atoms with Crippen molar-refractivity contribution >= 4 is 28.7 Å². The van der Waals surface area contributed by atoms with E-state index in [0.29, 0.717) is 0 Å². The van der Waals surface area contributed by atoms with Gasteiger partial charge in [-0.25, -0.2) is 0 Å². The zero-order valence-corrected chi connectivity index (χ0v) is 10.1. The van der Waals surface area contributed by atoms with Gasteiger partial charge in [0.1, 0.15) is 0 Å². The van der Waals surface area contributed by atoms with Crippen LogP contribution in [0.4, 0.5) is 0 Å². The van der Waals surface area contributed by atoms with E-state index in [9.17, 15) is 0 Å². The molecule has 1 aliphatic rings. The Morgan fingerprint density at radius 1 is 1.58 bits per heavy atom. The summed E-state index contributed by atoms with van der Waals surface area (Å²) in [6.07, 6.45) is 0.826. The van der Waals surface area contributed by atoms with Crippen LogP contribution in [0, 0.1) is 0 Å². The maximum atomic E-state index is 8.74. The Bertz CT molecular complexity index is 172. The molecule has 12 heavy (non-hydrogen) atoms. The molecule has 0 aliphatic carbocycles. The minimum Gasteiger partial charge on any atom is -0.396 e. The number of halogens is 1. The van der Waals surface area contributed by atoms with Crippen LogP contribution in [0.25, 0.3) is 0 Å². The van der Waals surface area contributed by atoms with Gasteiger partial charge in [-0.1, -0.05) is 0 Å². The first-order valence-electron chi connectivity index (χ1n) is 3.98. The molecular weight excluding hydrogens is 238 g/mol. The molecule has 0 saturated carbocycles. The number of allylic oxidation sites excluding steroid dienone is 1. The molecule has 0 spiro atoms. The van der Waals surface area contributed by atoms with Gasteiger partial charge in [-0.15, -0.1) is 28.7 Å². The Balaban J connectivity index is 0.00000121. The Hall–Kier alpha value is 0.330. The molecule has 0 aromatic heterocycles. The van der Waals surface area contributed by atoms with E-state index in [2.05, 4.69) is 18.7 Å². The van der Waals surface area contributed by atoms with Gasteiger partial charge in [0.05, 0.1) is 5.88 Å². The Kier molecular flexibility index (Phi) is 6.05. The topological polar surface area (TPSA) is 23.5 Å². The summed E-state index contributed by atoms with van der Waals surface area (Å²) in [5.74, 6) is 1.07. The molecule has 72 valence electrons. The van der Waals surface area contributed by atoms with Gasteiger partial charge in [0, 0.05) is 30.2 Å². The SMILES string of the molecule is Br.CCN1CSC(CCO)=C1C. The molecule has 1 rings (SSSR count). The fraction of sp³-hybridized carbons (Fsp3) is 0.750. The highest BCUT2D eigenvalue weighted by atomic mass is 79.9. The maximum absolute atomic E-state index is 8.74. The average Bonchev–Trinajstić information content (AvgIpc) is 2.34. The third-order valence-corrected chi connectivity index (χ3v) is 3.28. The molecule has 0 amide bonds. The van der Waals surface area contributed by atoms with Crippen molar-refractivity contribution in [3.63, 3.8) is 0 Å². The largest absolute Gasteiger partial charge is 0.396 e. The normalized spacial score (nSPS) is 16.8. The van der Waals surface area contributed by atoms with Crippen LogP contribution in [0.3, 0.4) is 0 Å². The average molecular weight is 254 g/mol. The van der Waals surface area contributed by atoms with Gasteiger partial charge in [-0.2, -0.15) is 0 Å². The fourth-order valence-corrected chi connectivity index (χ4v) is 2.48. The Morgan fingerprint density at radius 3 is 2.67 bits per heavy atom. The van der Waals surface area contributed by atoms with E-state index in [1.165, 1.54) is 10.6 Å². The lowest BCUT2D eigenvalue weighted by molar-refractivity contribution is 0.300. The van der Waals surface area contributed by atoms with E-state index in [-0.39, 0.29) is 23.6 Å². The molecule has 0 fully saturated rings. The molecule has 0 aromatic carbocycles. The first kappa shape index (κ1) is 12.3. The third-order valence-electron chi connectivity index (χ3n) is 1.99. The second-order valence-corrected chi connectivity index (χ2v) is 3.65. The van der Waals surface area contributed by atoms with Gasteiger partial charge in [0.15, 0.2) is 0 Å². The van der Waals surface area contributed by atoms with Crippen LogP contribution in [0.15, 0.2) is 10.6 Å². The molecule has 0 bridgehead atoms. The van der Waals surface area contributed by atoms with E-state index in [1.807, 2.05) is 11.8 Å². The summed E-state index contributed by atoms with van der Waals surface area (Å²) in [6.45, 7) is 5.64. The van der Waals surface area contributed by atoms with Gasteiger partial charge in [0.2, 0.25) is 0 Å². The lowest BCUT2D eigenvalue weighted by Crippen LogP contribution is -2.16. The monoisotopic (exact) mass is 253 g/mol. The van der Waals surface area contributed by atoms with Crippen LogP contribution in [-0.4, -0.2) is 29.0 Å². The third kappa shape index (κ3) is 2.68. The fourth-order valence-electron chi connectivity index (χ4n) is 1.22. The Morgan fingerprint density at radius 2 is 2.25 bits per heavy atom. The summed E-state index contributed by atoms with van der Waals surface area (Å²) < 4.78 is 0. The van der Waals surface area contributed by atoms with Crippen molar-refractivity contribution in [3.05, 3.63) is 10.6 Å². The molecule has 0 saturated heterocycles. The predicted octanol–water partition coefficient (Wildman–Crippen LogP) is 2.20. The number of rotatable bonds is 3. The molecule has 1 aliphatic heterocycles. The zero-order valence-electron chi connectivity index (χ0n) is 7.54. The highest BCUT2D eigenvalue weighted by Gasteiger charge is 2.16. The van der Waals surface area contributed by atoms with Gasteiger partial charge < -0.3 is 10.0 Å². The van der Waals surface area contributed by atoms with Crippen LogP contribution in [0.1, 0.15) is 20.3 Å². The van der Waals surface area contributed by atoms with Crippen molar-refractivity contribution in [1.82, 2.24) is 4.90 Å². The minimum absolute atomic E-state index is 0. The van der Waals surface area contributed by atoms with E-state index in [1.54, 1.807) is 0 Å². The summed E-state index contributed by atoms with van der Waals surface area (Å²) in [5.41, 5.74) is 1.35. The highest BCUT2D eigenvalue weighted by molar-refractivity contribution is 8.93. The lowest BCUT2D eigenvalue weighted by Gasteiger charge is -2.15. The molecular formula is C8H16BrNOS. The van der Waals surface area contributed by atoms with Crippen molar-refractivity contribution in [2.75, 3.05) is 19.0 Å². The van der Waals surface area contributed by atoms with Crippen molar-refractivity contribution in [2.45, 2.75) is 20.3 Å². The van der Waals surface area contributed by atoms with Crippen LogP contribution in [0.2, 0.25) is 0 Å². The Labute approximate surface area is 88.8 Å². The summed E-state index contributed by atoms with van der Waals surface area (Å²) >= 11 is 1.85. The van der Waals surface area contributed by atoms with E-state index in [4.69, 9.17) is 5.11 Å². The summed E-state index contributed by atoms with van der Waals surface area (Å²) in [5, 5.41) is 8.74. The molecule has 1 N–H and O–H groups in total. The second-order valence-electron chi connectivity index (χ2n) is 2.61. The van der Waals surface area contributed by atoms with E-state index < -0.39 is 0 Å². The van der Waals surface area contributed by atoms with E-state index in [0.717, 1.165) is 18.8 Å². The van der Waals surface area contributed by atoms with Gasteiger partial charge >= 0.3 is 0 Å². The van der Waals surface area contributed by atoms with Crippen molar-refractivity contribution < 1.29 is 5.11 Å². The van der Waals surface area contributed by atoms with Crippen molar-refractivity contribution in [2.24, 2.45) is 0 Å². The van der Waals surface area contributed by atoms with Crippen LogP contribution in [0.5, 0.6) is 0 Å². The standard InChI is InChI=1S/C8H15NOS.BrH/c1-3-9-6-11-8(4-5-10)7(9)2;/h10H,3-6H2,1-2H3;1H. The second kappa shape index (κ2) is 5.89. The molecule has 0 unspecified atom stereocenters. The van der Waals surface area contributed by atoms with Gasteiger partial charge in [0.25, 0.3) is 0 Å². The first-order valence-corrected chi connectivity index (χ1v) is 4.96. The van der Waals surface area contributed by atoms with Gasteiger partial charge in [-0.3, -0.25) is 0 Å². The van der Waals surface area contributed by atoms with Crippen LogP contribution in [-0.2, 0) is 0 Å². The first-order chi connectivity index (χ1) is 5.29. The zero-order chi connectivity index (χ0) is 8.27. The van der Waals surface area contributed by atoms with Crippen LogP contribution < -0.4 is 0 Å². The van der Waals surface area contributed by atoms with Crippen LogP contribution >= 0.6 is 28.7 Å². The van der Waals surface area contributed by atoms with Crippen molar-refractivity contribution in [3.8, 4) is 0 Å². The molecule has 2 nitrogen and oxygen atoms in total. The number of nitrogens with zero attached hydrogens (tertiary/aromatic N) is 1. The molecule has 1 heterocycles.